The smallest absolute Gasteiger partial charge is 0.226 e. The van der Waals surface area contributed by atoms with Crippen molar-refractivity contribution < 1.29 is 40.1 Å². The molecule has 6 fully saturated rings. The third-order valence-corrected chi connectivity index (χ3v) is 13.7. The molecule has 57 heavy (non-hydrogen) atoms. The summed E-state index contributed by atoms with van der Waals surface area (Å²) in [4.78, 5) is 26.4. The van der Waals surface area contributed by atoms with Crippen LogP contribution in [0.3, 0.4) is 0 Å². The van der Waals surface area contributed by atoms with E-state index in [1.807, 2.05) is 0 Å². The molecule has 19 heteroatoms. The van der Waals surface area contributed by atoms with Gasteiger partial charge in [-0.2, -0.15) is 9.97 Å². The van der Waals surface area contributed by atoms with Crippen LogP contribution < -0.4 is 10.6 Å². The van der Waals surface area contributed by atoms with Gasteiger partial charge in [-0.05, 0) is 86.6 Å². The number of imidazole rings is 2. The van der Waals surface area contributed by atoms with Gasteiger partial charge in [0.25, 0.3) is 0 Å². The molecule has 0 spiro atoms. The molecule has 8 atom stereocenters. The fourth-order valence-electron chi connectivity index (χ4n) is 9.29. The average molecular weight is 813 g/mol. The lowest BCUT2D eigenvalue weighted by Crippen LogP contribution is -2.42. The number of halogens is 1. The van der Waals surface area contributed by atoms with Crippen molar-refractivity contribution in [2.24, 2.45) is 23.7 Å². The van der Waals surface area contributed by atoms with Gasteiger partial charge in [-0.15, -0.1) is 0 Å². The minimum absolute atomic E-state index is 0.0782. The van der Waals surface area contributed by atoms with Crippen molar-refractivity contribution in [1.82, 2.24) is 39.0 Å². The highest BCUT2D eigenvalue weighted by atomic mass is 35.5. The number of aliphatic hydroxyl groups is 6. The van der Waals surface area contributed by atoms with E-state index in [9.17, 15) is 30.6 Å². The topological polar surface area (TPSA) is 251 Å². The van der Waals surface area contributed by atoms with Crippen molar-refractivity contribution in [2.45, 2.75) is 138 Å². The van der Waals surface area contributed by atoms with Crippen LogP contribution in [-0.2, 0) is 9.47 Å². The summed E-state index contributed by atoms with van der Waals surface area (Å²) in [6, 6.07) is 0.769. The molecule has 4 aromatic heterocycles. The van der Waals surface area contributed by atoms with E-state index < -0.39 is 55.7 Å². The molecule has 0 bridgehead atoms. The van der Waals surface area contributed by atoms with Crippen LogP contribution in [0.1, 0.15) is 89.5 Å². The van der Waals surface area contributed by atoms with Gasteiger partial charge in [0.15, 0.2) is 46.4 Å². The molecule has 2 aliphatic heterocycles. The lowest BCUT2D eigenvalue weighted by atomic mass is 9.68. The molecule has 18 nitrogen and oxygen atoms in total. The average Bonchev–Trinajstić information content (AvgIpc) is 3.87. The molecule has 310 valence electrons. The molecule has 10 rings (SSSR count). The molecular weight excluding hydrogens is 760 g/mol. The first-order valence-electron chi connectivity index (χ1n) is 20.6. The normalized spacial score (nSPS) is 31.0. The largest absolute Gasteiger partial charge is 0.394 e. The summed E-state index contributed by atoms with van der Waals surface area (Å²) in [5.74, 6) is 3.97. The number of aromatic nitrogens is 8. The minimum Gasteiger partial charge on any atom is -0.394 e. The third kappa shape index (κ3) is 7.24. The van der Waals surface area contributed by atoms with Crippen molar-refractivity contribution >= 4 is 45.6 Å². The predicted molar refractivity (Wildman–Crippen MR) is 206 cm³/mol. The number of anilines is 2. The molecule has 8 N–H and O–H groups in total. The molecule has 0 amide bonds. The van der Waals surface area contributed by atoms with E-state index >= 15 is 0 Å². The molecule has 4 saturated carbocycles. The zero-order valence-corrected chi connectivity index (χ0v) is 32.4. The Morgan fingerprint density at radius 2 is 1.04 bits per heavy atom. The second-order valence-corrected chi connectivity index (χ2v) is 17.1. The molecule has 2 saturated heterocycles. The van der Waals surface area contributed by atoms with Crippen molar-refractivity contribution in [1.29, 1.82) is 0 Å². The Labute approximate surface area is 334 Å². The van der Waals surface area contributed by atoms with E-state index in [1.54, 1.807) is 15.5 Å². The first-order chi connectivity index (χ1) is 27.7. The molecule has 0 radical (unpaired) electrons. The first kappa shape index (κ1) is 39.1. The van der Waals surface area contributed by atoms with Crippen molar-refractivity contribution in [2.75, 3.05) is 23.8 Å². The van der Waals surface area contributed by atoms with E-state index in [2.05, 4.69) is 40.5 Å². The predicted octanol–water partition coefficient (Wildman–Crippen LogP) is 2.29. The highest BCUT2D eigenvalue weighted by Crippen LogP contribution is 2.44. The Morgan fingerprint density at radius 3 is 1.46 bits per heavy atom. The lowest BCUT2D eigenvalue weighted by molar-refractivity contribution is -0.0511. The first-order valence-corrected chi connectivity index (χ1v) is 21.0. The van der Waals surface area contributed by atoms with E-state index in [-0.39, 0.29) is 11.9 Å². The minimum atomic E-state index is -1.22. The zero-order valence-electron chi connectivity index (χ0n) is 31.7. The van der Waals surface area contributed by atoms with Gasteiger partial charge in [-0.1, -0.05) is 25.7 Å². The standard InChI is InChI=1S/C19H26ClN5O4.C19H27N5O4/c20-19-23-16(22-12(9-3-1-4-9)10-5-2-6-10)13-17(24-19)25(8-21-13)18-15(28)14(27)11(7-26)29-18;25-7-12-15(26)16(27)19(28-12)24-9-22-14-17(20-8-21-18(14)24)23-13(10-3-1-4-10)11-5-2-6-11/h8-12,14-15,18,26-28H,1-7H2,(H,22,23,24);8-13,15-16,19,25-27H,1-7H2,(H,20,21,23)/t11-,14?,15-,18-;12-,15?,16-,19-/m11/s1. The summed E-state index contributed by atoms with van der Waals surface area (Å²) in [6.45, 7) is -0.762. The fourth-order valence-corrected chi connectivity index (χ4v) is 9.46. The lowest BCUT2D eigenvalue weighted by Gasteiger charge is -2.43. The molecular formula is C38H53ClN10O8. The van der Waals surface area contributed by atoms with Crippen LogP contribution in [0.5, 0.6) is 0 Å². The number of nitrogens with zero attached hydrogens (tertiary/aromatic N) is 8. The number of hydrogen-bond acceptors (Lipinski definition) is 16. The third-order valence-electron chi connectivity index (χ3n) is 13.6. The zero-order chi connectivity index (χ0) is 39.4. The maximum Gasteiger partial charge on any atom is 0.226 e. The summed E-state index contributed by atoms with van der Waals surface area (Å²) < 4.78 is 14.4. The number of hydrogen-bond donors (Lipinski definition) is 8. The van der Waals surface area contributed by atoms with Crippen LogP contribution in [-0.4, -0.2) is 132 Å². The Hall–Kier alpha value is -3.33. The molecule has 4 aromatic rings. The second-order valence-electron chi connectivity index (χ2n) is 16.8. The van der Waals surface area contributed by atoms with Crippen LogP contribution in [0.2, 0.25) is 5.28 Å². The van der Waals surface area contributed by atoms with Crippen LogP contribution in [0.4, 0.5) is 11.6 Å². The molecule has 6 heterocycles. The van der Waals surface area contributed by atoms with E-state index in [4.69, 9.17) is 21.1 Å². The van der Waals surface area contributed by atoms with Crippen molar-refractivity contribution in [3.63, 3.8) is 0 Å². The van der Waals surface area contributed by atoms with Crippen molar-refractivity contribution in [3.8, 4) is 0 Å². The Kier molecular flexibility index (Phi) is 11.2. The number of ether oxygens (including phenoxy) is 2. The highest BCUT2D eigenvalue weighted by molar-refractivity contribution is 6.28. The summed E-state index contributed by atoms with van der Waals surface area (Å²) in [7, 11) is 0. The number of rotatable bonds is 12. The SMILES string of the molecule is OC[C@H]1O[C@@H](n2cnc3c(NC(C4CCC4)C4CCC4)nc(Cl)nc32)[C@H](O)C1O.OC[C@H]1O[C@@H](n2cnc3c(NC(C4CCC4)C4CCC4)ncnc32)[C@H](O)C1O. The maximum absolute atomic E-state index is 10.4. The van der Waals surface area contributed by atoms with E-state index in [0.29, 0.717) is 69.7 Å². The van der Waals surface area contributed by atoms with Gasteiger partial charge in [-0.25, -0.2) is 19.9 Å². The summed E-state index contributed by atoms with van der Waals surface area (Å²) in [5, 5.41) is 66.9. The second kappa shape index (κ2) is 16.4. The van der Waals surface area contributed by atoms with Gasteiger partial charge in [0.05, 0.1) is 25.9 Å². The fraction of sp³-hybridized carbons (Fsp3) is 0.737. The van der Waals surface area contributed by atoms with Gasteiger partial charge in [0.1, 0.15) is 43.0 Å². The van der Waals surface area contributed by atoms with Crippen molar-refractivity contribution in [3.05, 3.63) is 24.3 Å². The Bertz CT molecular complexity index is 1980. The van der Waals surface area contributed by atoms with Gasteiger partial charge < -0.3 is 50.7 Å². The summed E-state index contributed by atoms with van der Waals surface area (Å²) in [5.41, 5.74) is 2.14. The molecule has 4 aliphatic carbocycles. The highest BCUT2D eigenvalue weighted by Gasteiger charge is 2.46. The summed E-state index contributed by atoms with van der Waals surface area (Å²) in [6.07, 6.45) is 11.4. The van der Waals surface area contributed by atoms with Gasteiger partial charge in [0.2, 0.25) is 5.28 Å². The Balaban J connectivity index is 0.000000148. The van der Waals surface area contributed by atoms with Gasteiger partial charge >= 0.3 is 0 Å². The Morgan fingerprint density at radius 1 is 0.596 bits per heavy atom. The van der Waals surface area contributed by atoms with Crippen LogP contribution >= 0.6 is 11.6 Å². The molecule has 6 aliphatic rings. The maximum atomic E-state index is 10.4. The van der Waals surface area contributed by atoms with Gasteiger partial charge in [0, 0.05) is 12.1 Å². The van der Waals surface area contributed by atoms with Gasteiger partial charge in [-0.3, -0.25) is 9.13 Å². The van der Waals surface area contributed by atoms with Crippen LogP contribution in [0.25, 0.3) is 22.3 Å². The summed E-state index contributed by atoms with van der Waals surface area (Å²) >= 11 is 6.22. The molecule has 2 unspecified atom stereocenters. The van der Waals surface area contributed by atoms with Crippen LogP contribution in [0.15, 0.2) is 19.0 Å². The quantitative estimate of drug-likeness (QED) is 0.0956. The number of nitrogens with one attached hydrogen (secondary N) is 2. The molecule has 0 aromatic carbocycles. The number of fused-ring (bicyclic) bond motifs is 2. The van der Waals surface area contributed by atoms with E-state index in [0.717, 1.165) is 0 Å². The number of aliphatic hydroxyl groups excluding tert-OH is 6. The monoisotopic (exact) mass is 812 g/mol. The van der Waals surface area contributed by atoms with Crippen LogP contribution in [0, 0.1) is 23.7 Å². The van der Waals surface area contributed by atoms with E-state index in [1.165, 1.54) is 89.7 Å².